The summed E-state index contributed by atoms with van der Waals surface area (Å²) in [7, 11) is 0. The highest BCUT2D eigenvalue weighted by molar-refractivity contribution is 5.64. The van der Waals surface area contributed by atoms with Crippen LogP contribution in [0.4, 0.5) is 4.39 Å². The number of aliphatic hydroxyl groups excluding tert-OH is 1. The summed E-state index contributed by atoms with van der Waals surface area (Å²) in [5.74, 6) is 1.35. The van der Waals surface area contributed by atoms with Gasteiger partial charge in [0, 0.05) is 6.61 Å². The van der Waals surface area contributed by atoms with Crippen molar-refractivity contribution < 1.29 is 9.50 Å². The molecule has 3 rings (SSSR count). The maximum absolute atomic E-state index is 14.3. The Morgan fingerprint density at radius 3 is 2.33 bits per heavy atom. The molecule has 1 aliphatic rings. The van der Waals surface area contributed by atoms with Crippen LogP contribution in [0.15, 0.2) is 55.1 Å². The molecule has 1 saturated carbocycles. The summed E-state index contributed by atoms with van der Waals surface area (Å²) in [6.45, 7) is 3.93. The first kappa shape index (κ1) is 19.8. The van der Waals surface area contributed by atoms with E-state index < -0.39 is 0 Å². The lowest BCUT2D eigenvalue weighted by Gasteiger charge is -2.28. The molecule has 2 aromatic carbocycles. The minimum Gasteiger partial charge on any atom is -0.396 e. The quantitative estimate of drug-likeness (QED) is 0.518. The molecule has 0 amide bonds. The summed E-state index contributed by atoms with van der Waals surface area (Å²) in [6.07, 6.45) is 10.8. The minimum atomic E-state index is -0.178. The maximum atomic E-state index is 14.3. The zero-order chi connectivity index (χ0) is 19.1. The van der Waals surface area contributed by atoms with Crippen LogP contribution in [0.3, 0.4) is 0 Å². The second-order valence-electron chi connectivity index (χ2n) is 7.84. The van der Waals surface area contributed by atoms with Crippen LogP contribution in [-0.4, -0.2) is 11.7 Å². The third-order valence-corrected chi connectivity index (χ3v) is 6.00. The highest BCUT2D eigenvalue weighted by Gasteiger charge is 2.21. The van der Waals surface area contributed by atoms with E-state index in [1.807, 2.05) is 18.2 Å². The molecule has 2 aromatic rings. The van der Waals surface area contributed by atoms with Crippen molar-refractivity contribution in [3.63, 3.8) is 0 Å². The van der Waals surface area contributed by atoms with E-state index in [0.29, 0.717) is 24.3 Å². The van der Waals surface area contributed by atoms with Crippen LogP contribution >= 0.6 is 0 Å². The Morgan fingerprint density at radius 1 is 1.00 bits per heavy atom. The predicted octanol–water partition coefficient (Wildman–Crippen LogP) is 6.66. The van der Waals surface area contributed by atoms with Crippen LogP contribution in [-0.2, 0) is 6.42 Å². The third-order valence-electron chi connectivity index (χ3n) is 6.00. The molecule has 0 atom stereocenters. The van der Waals surface area contributed by atoms with E-state index in [9.17, 15) is 4.39 Å². The largest absolute Gasteiger partial charge is 0.396 e. The van der Waals surface area contributed by atoms with Crippen molar-refractivity contribution >= 4 is 0 Å². The van der Waals surface area contributed by atoms with Gasteiger partial charge in [0.1, 0.15) is 5.82 Å². The summed E-state index contributed by atoms with van der Waals surface area (Å²) in [5.41, 5.74) is 4.07. The second kappa shape index (κ2) is 9.85. The SMILES string of the molecule is C=CCCC1CCC(c2ccc(-c3ccc(CCCO)c(F)c3)cc2)CC1. The minimum absolute atomic E-state index is 0.0961. The Hall–Kier alpha value is -1.93. The molecule has 1 nitrogen and oxygen atoms in total. The predicted molar refractivity (Wildman–Crippen MR) is 111 cm³/mol. The lowest BCUT2D eigenvalue weighted by molar-refractivity contribution is 0.288. The van der Waals surface area contributed by atoms with E-state index >= 15 is 0 Å². The second-order valence-corrected chi connectivity index (χ2v) is 7.84. The molecular weight excluding hydrogens is 335 g/mol. The Balaban J connectivity index is 1.62. The van der Waals surface area contributed by atoms with E-state index in [4.69, 9.17) is 5.11 Å². The van der Waals surface area contributed by atoms with E-state index in [-0.39, 0.29) is 12.4 Å². The Morgan fingerprint density at radius 2 is 1.70 bits per heavy atom. The topological polar surface area (TPSA) is 20.2 Å². The number of halogens is 1. The molecule has 144 valence electrons. The normalized spacial score (nSPS) is 19.8. The number of aryl methyl sites for hydroxylation is 1. The summed E-state index contributed by atoms with van der Waals surface area (Å²) in [5, 5.41) is 8.91. The lowest BCUT2D eigenvalue weighted by atomic mass is 9.77. The van der Waals surface area contributed by atoms with Crippen molar-refractivity contribution in [3.8, 4) is 11.1 Å². The van der Waals surface area contributed by atoms with Crippen LogP contribution < -0.4 is 0 Å². The molecule has 0 spiro atoms. The van der Waals surface area contributed by atoms with Crippen molar-refractivity contribution in [1.29, 1.82) is 0 Å². The molecule has 0 saturated heterocycles. The highest BCUT2D eigenvalue weighted by Crippen LogP contribution is 2.38. The first-order valence-electron chi connectivity index (χ1n) is 10.3. The summed E-state index contributed by atoms with van der Waals surface area (Å²) in [6, 6.07) is 14.1. The lowest BCUT2D eigenvalue weighted by Crippen LogP contribution is -2.13. The van der Waals surface area contributed by atoms with Crippen molar-refractivity contribution in [2.75, 3.05) is 6.61 Å². The van der Waals surface area contributed by atoms with Gasteiger partial charge < -0.3 is 5.11 Å². The van der Waals surface area contributed by atoms with Crippen molar-refractivity contribution in [2.45, 2.75) is 57.3 Å². The van der Waals surface area contributed by atoms with Gasteiger partial charge in [0.2, 0.25) is 0 Å². The smallest absolute Gasteiger partial charge is 0.127 e. The maximum Gasteiger partial charge on any atom is 0.127 e. The van der Waals surface area contributed by atoms with Gasteiger partial charge in [0.05, 0.1) is 0 Å². The summed E-state index contributed by atoms with van der Waals surface area (Å²) < 4.78 is 14.3. The van der Waals surface area contributed by atoms with Crippen LogP contribution in [0.2, 0.25) is 0 Å². The van der Waals surface area contributed by atoms with Gasteiger partial charge >= 0.3 is 0 Å². The fourth-order valence-electron chi connectivity index (χ4n) is 4.28. The first-order valence-corrected chi connectivity index (χ1v) is 10.3. The van der Waals surface area contributed by atoms with Crippen molar-refractivity contribution in [3.05, 3.63) is 72.1 Å². The van der Waals surface area contributed by atoms with Gasteiger partial charge in [-0.15, -0.1) is 6.58 Å². The van der Waals surface area contributed by atoms with Gasteiger partial charge in [-0.2, -0.15) is 0 Å². The Labute approximate surface area is 162 Å². The van der Waals surface area contributed by atoms with Crippen LogP contribution in [0.5, 0.6) is 0 Å². The molecule has 0 bridgehead atoms. The van der Waals surface area contributed by atoms with Crippen LogP contribution in [0, 0.1) is 11.7 Å². The number of rotatable bonds is 8. The molecule has 1 fully saturated rings. The van der Waals surface area contributed by atoms with Crippen molar-refractivity contribution in [1.82, 2.24) is 0 Å². The highest BCUT2D eigenvalue weighted by atomic mass is 19.1. The Kier molecular flexibility index (Phi) is 7.23. The standard InChI is InChI=1S/C25H31FO/c1-2-3-5-19-7-9-20(10-8-19)21-11-13-22(14-12-21)24-16-15-23(6-4-17-27)25(26)18-24/h2,11-16,18-20,27H,1,3-10,17H2. The monoisotopic (exact) mass is 366 g/mol. The molecule has 0 heterocycles. The van der Waals surface area contributed by atoms with E-state index in [1.165, 1.54) is 37.7 Å². The fraction of sp³-hybridized carbons (Fsp3) is 0.440. The van der Waals surface area contributed by atoms with Gasteiger partial charge in [-0.3, -0.25) is 0 Å². The number of hydrogen-bond donors (Lipinski definition) is 1. The molecule has 0 aromatic heterocycles. The molecule has 1 N–H and O–H groups in total. The van der Waals surface area contributed by atoms with Gasteiger partial charge in [-0.1, -0.05) is 42.5 Å². The number of allylic oxidation sites excluding steroid dienone is 1. The van der Waals surface area contributed by atoms with E-state index in [2.05, 4.69) is 30.8 Å². The van der Waals surface area contributed by atoms with Crippen molar-refractivity contribution in [2.24, 2.45) is 5.92 Å². The Bertz CT molecular complexity index is 726. The van der Waals surface area contributed by atoms with Gasteiger partial charge in [-0.25, -0.2) is 4.39 Å². The van der Waals surface area contributed by atoms with E-state index in [0.717, 1.165) is 23.5 Å². The van der Waals surface area contributed by atoms with Gasteiger partial charge in [-0.05, 0) is 91.5 Å². The van der Waals surface area contributed by atoms with E-state index in [1.54, 1.807) is 6.07 Å². The molecule has 0 radical (unpaired) electrons. The zero-order valence-corrected chi connectivity index (χ0v) is 16.2. The molecule has 2 heteroatoms. The fourth-order valence-corrected chi connectivity index (χ4v) is 4.28. The average molecular weight is 367 g/mol. The molecular formula is C25H31FO. The van der Waals surface area contributed by atoms with Gasteiger partial charge in [0.15, 0.2) is 0 Å². The molecule has 0 aliphatic heterocycles. The van der Waals surface area contributed by atoms with Crippen LogP contribution in [0.25, 0.3) is 11.1 Å². The zero-order valence-electron chi connectivity index (χ0n) is 16.2. The third kappa shape index (κ3) is 5.29. The number of hydrogen-bond acceptors (Lipinski definition) is 1. The molecule has 1 aliphatic carbocycles. The summed E-state index contributed by atoms with van der Waals surface area (Å²) in [4.78, 5) is 0. The molecule has 0 unspecified atom stereocenters. The average Bonchev–Trinajstić information content (AvgIpc) is 2.72. The van der Waals surface area contributed by atoms with Gasteiger partial charge in [0.25, 0.3) is 0 Å². The molecule has 27 heavy (non-hydrogen) atoms. The van der Waals surface area contributed by atoms with Crippen LogP contribution in [0.1, 0.15) is 62.0 Å². The first-order chi connectivity index (χ1) is 13.2. The number of aliphatic hydroxyl groups is 1. The number of benzene rings is 2. The summed E-state index contributed by atoms with van der Waals surface area (Å²) >= 11 is 0.